The second-order valence-electron chi connectivity index (χ2n) is 5.92. The summed E-state index contributed by atoms with van der Waals surface area (Å²) in [6.45, 7) is 2.33. The summed E-state index contributed by atoms with van der Waals surface area (Å²) in [5, 5.41) is 14.6. The maximum atomic E-state index is 12.2. The van der Waals surface area contributed by atoms with Gasteiger partial charge in [0.15, 0.2) is 11.5 Å². The second-order valence-corrected chi connectivity index (χ2v) is 6.33. The van der Waals surface area contributed by atoms with Gasteiger partial charge in [-0.3, -0.25) is 4.79 Å². The molecule has 0 atom stereocenters. The zero-order valence-corrected chi connectivity index (χ0v) is 15.7. The van der Waals surface area contributed by atoms with E-state index in [1.54, 1.807) is 19.2 Å². The molecule has 0 fully saturated rings. The van der Waals surface area contributed by atoms with Crippen LogP contribution in [0.15, 0.2) is 54.6 Å². The Hall–Kier alpha value is -3.12. The van der Waals surface area contributed by atoms with E-state index in [1.807, 2.05) is 49.4 Å². The van der Waals surface area contributed by atoms with Gasteiger partial charge in [0.05, 0.1) is 7.11 Å². The van der Waals surface area contributed by atoms with E-state index in [1.165, 1.54) is 0 Å². The number of amides is 1. The van der Waals surface area contributed by atoms with Crippen LogP contribution >= 0.6 is 11.6 Å². The van der Waals surface area contributed by atoms with Crippen molar-refractivity contribution in [2.75, 3.05) is 12.4 Å². The van der Waals surface area contributed by atoms with Crippen LogP contribution in [-0.2, 0) is 6.54 Å². The Morgan fingerprint density at radius 3 is 2.48 bits per heavy atom. The summed E-state index contributed by atoms with van der Waals surface area (Å²) < 4.78 is 5.11. The SMILES string of the molecule is COc1ccc(CNC(=O)c2ccc(Nc3ccc(C)c(Cl)c3)nn2)cc1. The Balaban J connectivity index is 1.58. The first kappa shape index (κ1) is 18.7. The molecule has 0 aliphatic carbocycles. The second kappa shape index (κ2) is 8.51. The van der Waals surface area contributed by atoms with Crippen molar-refractivity contribution in [1.82, 2.24) is 15.5 Å². The summed E-state index contributed by atoms with van der Waals surface area (Å²) in [6.07, 6.45) is 0. The van der Waals surface area contributed by atoms with Gasteiger partial charge < -0.3 is 15.4 Å². The van der Waals surface area contributed by atoms with Gasteiger partial charge in [0, 0.05) is 17.3 Å². The summed E-state index contributed by atoms with van der Waals surface area (Å²) in [5.41, 5.74) is 3.01. The monoisotopic (exact) mass is 382 g/mol. The smallest absolute Gasteiger partial charge is 0.272 e. The maximum Gasteiger partial charge on any atom is 0.272 e. The average Bonchev–Trinajstić information content (AvgIpc) is 2.70. The lowest BCUT2D eigenvalue weighted by Gasteiger charge is -2.08. The van der Waals surface area contributed by atoms with Crippen molar-refractivity contribution in [3.8, 4) is 5.75 Å². The van der Waals surface area contributed by atoms with Crippen molar-refractivity contribution in [2.24, 2.45) is 0 Å². The van der Waals surface area contributed by atoms with Gasteiger partial charge in [-0.1, -0.05) is 29.8 Å². The number of nitrogens with one attached hydrogen (secondary N) is 2. The molecule has 2 aromatic carbocycles. The van der Waals surface area contributed by atoms with Crippen LogP contribution in [-0.4, -0.2) is 23.2 Å². The van der Waals surface area contributed by atoms with Crippen molar-refractivity contribution in [2.45, 2.75) is 13.5 Å². The van der Waals surface area contributed by atoms with Crippen molar-refractivity contribution in [1.29, 1.82) is 0 Å². The van der Waals surface area contributed by atoms with Gasteiger partial charge in [-0.15, -0.1) is 10.2 Å². The molecule has 1 aromatic heterocycles. The average molecular weight is 383 g/mol. The molecular formula is C20H19ClN4O2. The first-order valence-electron chi connectivity index (χ1n) is 8.33. The number of benzene rings is 2. The van der Waals surface area contributed by atoms with E-state index in [9.17, 15) is 4.79 Å². The molecule has 138 valence electrons. The fraction of sp³-hybridized carbons (Fsp3) is 0.150. The topological polar surface area (TPSA) is 76.1 Å². The normalized spacial score (nSPS) is 10.3. The van der Waals surface area contributed by atoms with Crippen LogP contribution in [0, 0.1) is 6.92 Å². The van der Waals surface area contributed by atoms with Crippen molar-refractivity contribution < 1.29 is 9.53 Å². The molecule has 0 saturated heterocycles. The Morgan fingerprint density at radius 1 is 1.07 bits per heavy atom. The highest BCUT2D eigenvalue weighted by Gasteiger charge is 2.08. The van der Waals surface area contributed by atoms with Gasteiger partial charge in [-0.05, 0) is 54.4 Å². The van der Waals surface area contributed by atoms with Crippen LogP contribution in [0.25, 0.3) is 0 Å². The highest BCUT2D eigenvalue weighted by molar-refractivity contribution is 6.31. The lowest BCUT2D eigenvalue weighted by atomic mass is 10.2. The lowest BCUT2D eigenvalue weighted by Crippen LogP contribution is -2.24. The number of aryl methyl sites for hydroxylation is 1. The first-order chi connectivity index (χ1) is 13.0. The third-order valence-electron chi connectivity index (χ3n) is 3.95. The zero-order chi connectivity index (χ0) is 19.2. The van der Waals surface area contributed by atoms with Crippen molar-refractivity contribution in [3.05, 3.63) is 76.4 Å². The number of carbonyl (C=O) groups excluding carboxylic acids is 1. The van der Waals surface area contributed by atoms with E-state index >= 15 is 0 Å². The molecule has 27 heavy (non-hydrogen) atoms. The largest absolute Gasteiger partial charge is 0.497 e. The molecule has 0 aliphatic rings. The number of hydrogen-bond donors (Lipinski definition) is 2. The van der Waals surface area contributed by atoms with Crippen molar-refractivity contribution >= 4 is 29.0 Å². The minimum absolute atomic E-state index is 0.246. The molecule has 3 rings (SSSR count). The van der Waals surface area contributed by atoms with Gasteiger partial charge in [-0.25, -0.2) is 0 Å². The number of methoxy groups -OCH3 is 1. The van der Waals surface area contributed by atoms with Crippen LogP contribution < -0.4 is 15.4 Å². The first-order valence-corrected chi connectivity index (χ1v) is 8.71. The van der Waals surface area contributed by atoms with Gasteiger partial charge in [0.25, 0.3) is 5.91 Å². The van der Waals surface area contributed by atoms with E-state index in [0.29, 0.717) is 17.4 Å². The summed E-state index contributed by atoms with van der Waals surface area (Å²) in [5.74, 6) is 1.01. The Morgan fingerprint density at radius 2 is 1.85 bits per heavy atom. The van der Waals surface area contributed by atoms with Crippen LogP contribution in [0.3, 0.4) is 0 Å². The Bertz CT molecular complexity index is 928. The highest BCUT2D eigenvalue weighted by Crippen LogP contribution is 2.22. The number of ether oxygens (including phenoxy) is 1. The third-order valence-corrected chi connectivity index (χ3v) is 4.36. The van der Waals surface area contributed by atoms with E-state index < -0.39 is 0 Å². The van der Waals surface area contributed by atoms with E-state index in [-0.39, 0.29) is 11.6 Å². The summed E-state index contributed by atoms with van der Waals surface area (Å²) in [7, 11) is 1.61. The summed E-state index contributed by atoms with van der Waals surface area (Å²) in [4.78, 5) is 12.2. The molecule has 0 aliphatic heterocycles. The van der Waals surface area contributed by atoms with Gasteiger partial charge in [-0.2, -0.15) is 0 Å². The van der Waals surface area contributed by atoms with E-state index in [0.717, 1.165) is 22.6 Å². The Kier molecular flexibility index (Phi) is 5.88. The number of hydrogen-bond acceptors (Lipinski definition) is 5. The molecular weight excluding hydrogens is 364 g/mol. The Labute approximate surface area is 162 Å². The predicted molar refractivity (Wildman–Crippen MR) is 106 cm³/mol. The molecule has 7 heteroatoms. The fourth-order valence-corrected chi connectivity index (χ4v) is 2.54. The van der Waals surface area contributed by atoms with Crippen LogP contribution in [0.4, 0.5) is 11.5 Å². The summed E-state index contributed by atoms with van der Waals surface area (Å²) >= 11 is 6.11. The third kappa shape index (κ3) is 4.95. The highest BCUT2D eigenvalue weighted by atomic mass is 35.5. The number of rotatable bonds is 6. The fourth-order valence-electron chi connectivity index (χ4n) is 2.35. The summed E-state index contributed by atoms with van der Waals surface area (Å²) in [6, 6.07) is 16.4. The predicted octanol–water partition coefficient (Wildman–Crippen LogP) is 4.12. The lowest BCUT2D eigenvalue weighted by molar-refractivity contribution is 0.0945. The molecule has 1 heterocycles. The molecule has 0 saturated carbocycles. The molecule has 2 N–H and O–H groups in total. The maximum absolute atomic E-state index is 12.2. The minimum Gasteiger partial charge on any atom is -0.497 e. The molecule has 0 unspecified atom stereocenters. The number of anilines is 2. The number of nitrogens with zero attached hydrogens (tertiary/aromatic N) is 2. The van der Waals surface area contributed by atoms with Crippen LogP contribution in [0.5, 0.6) is 5.75 Å². The molecule has 0 radical (unpaired) electrons. The van der Waals surface area contributed by atoms with Crippen LogP contribution in [0.1, 0.15) is 21.6 Å². The van der Waals surface area contributed by atoms with Gasteiger partial charge in [0.2, 0.25) is 0 Å². The number of carbonyl (C=O) groups is 1. The molecule has 1 amide bonds. The van der Waals surface area contributed by atoms with E-state index in [4.69, 9.17) is 16.3 Å². The quantitative estimate of drug-likeness (QED) is 0.670. The van der Waals surface area contributed by atoms with E-state index in [2.05, 4.69) is 20.8 Å². The minimum atomic E-state index is -0.289. The van der Waals surface area contributed by atoms with Gasteiger partial charge >= 0.3 is 0 Å². The number of halogens is 1. The van der Waals surface area contributed by atoms with Crippen molar-refractivity contribution in [3.63, 3.8) is 0 Å². The molecule has 0 bridgehead atoms. The molecule has 0 spiro atoms. The standard InChI is InChI=1S/C20H19ClN4O2/c1-13-3-6-15(11-17(13)21)23-19-10-9-18(24-25-19)20(26)22-12-14-4-7-16(27-2)8-5-14/h3-11H,12H2,1-2H3,(H,22,26)(H,23,25). The van der Waals surface area contributed by atoms with Gasteiger partial charge in [0.1, 0.15) is 5.75 Å². The molecule has 6 nitrogen and oxygen atoms in total. The van der Waals surface area contributed by atoms with Crippen LogP contribution in [0.2, 0.25) is 5.02 Å². The zero-order valence-electron chi connectivity index (χ0n) is 15.0. The molecule has 3 aromatic rings. The number of aromatic nitrogens is 2.